The molecule has 0 aliphatic heterocycles. The van der Waals surface area contributed by atoms with Crippen molar-refractivity contribution in [1.82, 2.24) is 4.57 Å². The van der Waals surface area contributed by atoms with Crippen molar-refractivity contribution in [3.63, 3.8) is 0 Å². The molecule has 0 N–H and O–H groups in total. The lowest BCUT2D eigenvalue weighted by Crippen LogP contribution is -1.99. The maximum atomic E-state index is 10.8. The summed E-state index contributed by atoms with van der Waals surface area (Å²) < 4.78 is 6.67. The Bertz CT molecular complexity index is 414. The van der Waals surface area contributed by atoms with Crippen molar-refractivity contribution in [2.75, 3.05) is 0 Å². The first kappa shape index (κ1) is 6.91. The molecule has 3 heteroatoms. The molecule has 0 unspecified atom stereocenters. The fourth-order valence-corrected chi connectivity index (χ4v) is 1.00. The molecule has 0 spiro atoms. The third-order valence-corrected chi connectivity index (χ3v) is 1.54. The molecule has 0 radical (unpaired) electrons. The summed E-state index contributed by atoms with van der Waals surface area (Å²) in [5.74, 6) is 0.535. The second-order valence-corrected chi connectivity index (χ2v) is 2.38. The van der Waals surface area contributed by atoms with Gasteiger partial charge in [-0.1, -0.05) is 0 Å². The smallest absolute Gasteiger partial charge is 0.337 e. The van der Waals surface area contributed by atoms with Crippen LogP contribution in [0.3, 0.4) is 0 Å². The summed E-state index contributed by atoms with van der Waals surface area (Å²) in [6.45, 7) is 0. The molecule has 0 bridgehead atoms. The molecule has 0 aliphatic carbocycles. The number of hydrogen-bond donors (Lipinski definition) is 0. The van der Waals surface area contributed by atoms with Crippen LogP contribution in [0.4, 0.5) is 0 Å². The molecule has 0 amide bonds. The lowest BCUT2D eigenvalue weighted by molar-refractivity contribution is 0.488. The predicted molar refractivity (Wildman–Crippen MR) is 44.3 cm³/mol. The first-order valence-electron chi connectivity index (χ1n) is 3.60. The third-order valence-electron chi connectivity index (χ3n) is 1.54. The monoisotopic (exact) mass is 161 g/mol. The van der Waals surface area contributed by atoms with Crippen LogP contribution >= 0.6 is 0 Å². The van der Waals surface area contributed by atoms with Crippen molar-refractivity contribution in [3.8, 4) is 5.88 Å². The van der Waals surface area contributed by atoms with Gasteiger partial charge in [0.05, 0.1) is 0 Å². The molecule has 2 aromatic heterocycles. The molecule has 60 valence electrons. The van der Waals surface area contributed by atoms with Crippen molar-refractivity contribution in [3.05, 3.63) is 53.1 Å². The quantitative estimate of drug-likeness (QED) is 0.634. The van der Waals surface area contributed by atoms with Gasteiger partial charge in [0.15, 0.2) is 0 Å². The minimum atomic E-state index is -0.332. The second kappa shape index (κ2) is 2.70. The minimum Gasteiger partial charge on any atom is -0.406 e. The summed E-state index contributed by atoms with van der Waals surface area (Å²) in [5, 5.41) is 0. The molecule has 2 heterocycles. The van der Waals surface area contributed by atoms with Crippen LogP contribution in [0, 0.1) is 0 Å². The number of hydrogen-bond acceptors (Lipinski definition) is 2. The third kappa shape index (κ3) is 1.16. The van der Waals surface area contributed by atoms with Gasteiger partial charge >= 0.3 is 5.63 Å². The summed E-state index contributed by atoms with van der Waals surface area (Å²) in [6, 6.07) is 8.52. The zero-order chi connectivity index (χ0) is 8.39. The van der Waals surface area contributed by atoms with Crippen molar-refractivity contribution < 1.29 is 4.42 Å². The van der Waals surface area contributed by atoms with Gasteiger partial charge in [0, 0.05) is 18.5 Å². The lowest BCUT2D eigenvalue weighted by atomic mass is 10.5. The van der Waals surface area contributed by atoms with E-state index in [0.717, 1.165) is 0 Å². The summed E-state index contributed by atoms with van der Waals surface area (Å²) in [7, 11) is 0. The highest BCUT2D eigenvalue weighted by atomic mass is 16.4. The van der Waals surface area contributed by atoms with Crippen molar-refractivity contribution >= 4 is 0 Å². The average Bonchev–Trinajstić information content (AvgIpc) is 2.56. The molecule has 0 saturated heterocycles. The van der Waals surface area contributed by atoms with E-state index in [-0.39, 0.29) is 5.63 Å². The Hall–Kier alpha value is -1.77. The predicted octanol–water partition coefficient (Wildman–Crippen LogP) is 1.43. The van der Waals surface area contributed by atoms with Gasteiger partial charge in [-0.15, -0.1) is 0 Å². The van der Waals surface area contributed by atoms with E-state index >= 15 is 0 Å². The zero-order valence-electron chi connectivity index (χ0n) is 6.31. The Morgan fingerprint density at radius 2 is 1.83 bits per heavy atom. The summed E-state index contributed by atoms with van der Waals surface area (Å²) >= 11 is 0. The van der Waals surface area contributed by atoms with E-state index < -0.39 is 0 Å². The molecule has 3 nitrogen and oxygen atoms in total. The molecular weight excluding hydrogens is 154 g/mol. The summed E-state index contributed by atoms with van der Waals surface area (Å²) in [5.41, 5.74) is -0.332. The Balaban J connectivity index is 2.55. The van der Waals surface area contributed by atoms with Gasteiger partial charge in [-0.3, -0.25) is 4.57 Å². The van der Waals surface area contributed by atoms with Crippen LogP contribution in [0.2, 0.25) is 0 Å². The summed E-state index contributed by atoms with van der Waals surface area (Å²) in [6.07, 6.45) is 3.64. The van der Waals surface area contributed by atoms with Crippen LogP contribution in [-0.2, 0) is 0 Å². The van der Waals surface area contributed by atoms with Gasteiger partial charge < -0.3 is 4.42 Å². The highest BCUT2D eigenvalue weighted by Gasteiger charge is 1.95. The first-order chi connectivity index (χ1) is 5.86. The maximum absolute atomic E-state index is 10.8. The first-order valence-corrected chi connectivity index (χ1v) is 3.60. The van der Waals surface area contributed by atoms with E-state index in [2.05, 4.69) is 0 Å². The van der Waals surface area contributed by atoms with Gasteiger partial charge in [0.25, 0.3) is 0 Å². The van der Waals surface area contributed by atoms with Crippen LogP contribution in [-0.4, -0.2) is 4.57 Å². The lowest BCUT2D eigenvalue weighted by Gasteiger charge is -1.97. The molecule has 0 atom stereocenters. The Morgan fingerprint density at radius 3 is 2.50 bits per heavy atom. The molecule has 0 saturated carbocycles. The molecule has 0 aliphatic rings. The topological polar surface area (TPSA) is 35.1 Å². The van der Waals surface area contributed by atoms with Crippen molar-refractivity contribution in [2.45, 2.75) is 0 Å². The van der Waals surface area contributed by atoms with Gasteiger partial charge in [-0.05, 0) is 24.3 Å². The normalized spacial score (nSPS) is 10.0. The highest BCUT2D eigenvalue weighted by Crippen LogP contribution is 2.03. The van der Waals surface area contributed by atoms with Crippen LogP contribution in [0.15, 0.2) is 51.9 Å². The Morgan fingerprint density at radius 1 is 1.08 bits per heavy atom. The van der Waals surface area contributed by atoms with E-state index in [1.165, 1.54) is 6.07 Å². The van der Waals surface area contributed by atoms with Crippen LogP contribution < -0.4 is 5.63 Å². The fourth-order valence-electron chi connectivity index (χ4n) is 1.00. The second-order valence-electron chi connectivity index (χ2n) is 2.38. The largest absolute Gasteiger partial charge is 0.406 e. The van der Waals surface area contributed by atoms with Crippen LogP contribution in [0.25, 0.3) is 5.88 Å². The highest BCUT2D eigenvalue weighted by molar-refractivity contribution is 5.18. The Kier molecular flexibility index (Phi) is 1.55. The van der Waals surface area contributed by atoms with E-state index in [1.807, 2.05) is 24.5 Å². The van der Waals surface area contributed by atoms with E-state index in [9.17, 15) is 4.79 Å². The van der Waals surface area contributed by atoms with Crippen LogP contribution in [0.5, 0.6) is 0 Å². The number of nitrogens with zero attached hydrogens (tertiary/aromatic N) is 1. The fraction of sp³-hybridized carbons (Fsp3) is 0. The molecule has 12 heavy (non-hydrogen) atoms. The number of aromatic nitrogens is 1. The van der Waals surface area contributed by atoms with Crippen molar-refractivity contribution in [1.29, 1.82) is 0 Å². The van der Waals surface area contributed by atoms with E-state index in [0.29, 0.717) is 5.88 Å². The van der Waals surface area contributed by atoms with E-state index in [1.54, 1.807) is 16.7 Å². The maximum Gasteiger partial charge on any atom is 0.337 e. The van der Waals surface area contributed by atoms with Gasteiger partial charge in [-0.2, -0.15) is 0 Å². The average molecular weight is 161 g/mol. The van der Waals surface area contributed by atoms with Gasteiger partial charge in [0.1, 0.15) is 0 Å². The van der Waals surface area contributed by atoms with Gasteiger partial charge in [-0.25, -0.2) is 4.79 Å². The van der Waals surface area contributed by atoms with Crippen molar-refractivity contribution in [2.24, 2.45) is 0 Å². The Labute approximate surface area is 68.9 Å². The minimum absolute atomic E-state index is 0.332. The standard InChI is InChI=1S/C9H7NO2/c11-9-5-3-4-8(12-9)10-6-1-2-7-10/h1-7H. The molecular formula is C9H7NO2. The van der Waals surface area contributed by atoms with Crippen LogP contribution in [0.1, 0.15) is 0 Å². The molecule has 0 fully saturated rings. The van der Waals surface area contributed by atoms with Gasteiger partial charge in [0.2, 0.25) is 5.88 Å². The number of rotatable bonds is 1. The molecule has 2 rings (SSSR count). The molecule has 0 aromatic carbocycles. The molecule has 2 aromatic rings. The SMILES string of the molecule is O=c1cccc(-n2cccc2)o1. The summed E-state index contributed by atoms with van der Waals surface area (Å²) in [4.78, 5) is 10.8. The zero-order valence-corrected chi connectivity index (χ0v) is 6.31. The van der Waals surface area contributed by atoms with E-state index in [4.69, 9.17) is 4.42 Å².